The predicted molar refractivity (Wildman–Crippen MR) is 130 cm³/mol. The van der Waals surface area contributed by atoms with E-state index in [1.165, 1.54) is 27.2 Å². The normalized spacial score (nSPS) is 36.7. The Balaban J connectivity index is 1.67. The van der Waals surface area contributed by atoms with Crippen molar-refractivity contribution in [1.29, 1.82) is 0 Å². The van der Waals surface area contributed by atoms with Crippen molar-refractivity contribution in [2.45, 2.75) is 69.0 Å². The van der Waals surface area contributed by atoms with Crippen molar-refractivity contribution >= 4 is 17.5 Å². The number of carbonyl (C=O) groups is 1. The molecule has 32 heavy (non-hydrogen) atoms. The topological polar surface area (TPSA) is 46.5 Å². The Labute approximate surface area is 196 Å². The van der Waals surface area contributed by atoms with Gasteiger partial charge in [0.15, 0.2) is 5.78 Å². The fraction of sp³-hybridized carbons (Fsp3) is 0.536. The van der Waals surface area contributed by atoms with Crippen LogP contribution in [0.2, 0.25) is 0 Å². The third kappa shape index (κ3) is 3.21. The number of hydrogen-bond acceptors (Lipinski definition) is 4. The lowest BCUT2D eigenvalue weighted by Crippen LogP contribution is -2.49. The van der Waals surface area contributed by atoms with Crippen LogP contribution in [-0.2, 0) is 9.53 Å². The Hall–Kier alpha value is -1.62. The number of allylic oxidation sites excluding steroid dienone is 3. The molecule has 1 saturated carbocycles. The zero-order valence-electron chi connectivity index (χ0n) is 19.4. The molecule has 1 saturated heterocycles. The summed E-state index contributed by atoms with van der Waals surface area (Å²) in [6.45, 7) is 8.88. The van der Waals surface area contributed by atoms with Crippen molar-refractivity contribution < 1.29 is 14.6 Å². The number of fused-ring (bicyclic) bond motifs is 4. The molecule has 0 bridgehead atoms. The Kier molecular flexibility index (Phi) is 5.55. The number of carbonyl (C=O) groups excluding carboxylic acids is 1. The molecule has 170 valence electrons. The highest BCUT2D eigenvalue weighted by atomic mass is 32.2. The van der Waals surface area contributed by atoms with Gasteiger partial charge in [0.05, 0.1) is 12.2 Å². The number of aliphatic hydroxyl groups is 1. The summed E-state index contributed by atoms with van der Waals surface area (Å²) in [5.41, 5.74) is 4.72. The van der Waals surface area contributed by atoms with E-state index in [1.54, 1.807) is 11.8 Å². The molecular formula is C28H34O3S. The average Bonchev–Trinajstić information content (AvgIpc) is 2.97. The molecule has 5 atom stereocenters. The monoisotopic (exact) mass is 450 g/mol. The lowest BCUT2D eigenvalue weighted by atomic mass is 9.61. The Morgan fingerprint density at radius 1 is 1.19 bits per heavy atom. The molecule has 2 fully saturated rings. The summed E-state index contributed by atoms with van der Waals surface area (Å²) < 4.78 is 6.79. The van der Waals surface area contributed by atoms with Gasteiger partial charge in [-0.15, -0.1) is 11.8 Å². The first-order chi connectivity index (χ1) is 15.3. The molecule has 4 aliphatic rings. The van der Waals surface area contributed by atoms with E-state index >= 15 is 0 Å². The van der Waals surface area contributed by atoms with Crippen molar-refractivity contribution in [2.75, 3.05) is 12.9 Å². The van der Waals surface area contributed by atoms with Crippen molar-refractivity contribution in [1.82, 2.24) is 0 Å². The number of hydrogen-bond donors (Lipinski definition) is 1. The Morgan fingerprint density at radius 3 is 2.62 bits per heavy atom. The first-order valence-corrected chi connectivity index (χ1v) is 13.1. The molecule has 0 radical (unpaired) electrons. The maximum Gasteiger partial charge on any atom is 0.156 e. The fourth-order valence-corrected chi connectivity index (χ4v) is 7.43. The fourth-order valence-electron chi connectivity index (χ4n) is 7.02. The highest BCUT2D eigenvalue weighted by molar-refractivity contribution is 7.98. The minimum Gasteiger partial charge on any atom is -0.385 e. The summed E-state index contributed by atoms with van der Waals surface area (Å²) in [5, 5.41) is 11.8. The van der Waals surface area contributed by atoms with E-state index in [0.717, 1.165) is 37.7 Å². The summed E-state index contributed by atoms with van der Waals surface area (Å²) in [6, 6.07) is 8.74. The molecule has 1 aromatic rings. The van der Waals surface area contributed by atoms with Crippen LogP contribution in [0.5, 0.6) is 0 Å². The van der Waals surface area contributed by atoms with Gasteiger partial charge in [0.25, 0.3) is 0 Å². The van der Waals surface area contributed by atoms with Crippen LogP contribution in [0.4, 0.5) is 0 Å². The van der Waals surface area contributed by atoms with Gasteiger partial charge in [-0.2, -0.15) is 0 Å². The number of rotatable bonds is 3. The maximum atomic E-state index is 12.2. The van der Waals surface area contributed by atoms with Gasteiger partial charge in [0.1, 0.15) is 6.10 Å². The first-order valence-electron chi connectivity index (χ1n) is 11.9. The molecular weight excluding hydrogens is 416 g/mol. The number of ether oxygens (including phenoxy) is 1. The summed E-state index contributed by atoms with van der Waals surface area (Å²) in [4.78, 5) is 13.4. The first kappa shape index (κ1) is 22.2. The van der Waals surface area contributed by atoms with Crippen molar-refractivity contribution in [2.24, 2.45) is 17.3 Å². The van der Waals surface area contributed by atoms with E-state index in [9.17, 15) is 9.90 Å². The summed E-state index contributed by atoms with van der Waals surface area (Å²) in [5.74, 6) is 0.961. The molecule has 4 heteroatoms. The van der Waals surface area contributed by atoms with E-state index < -0.39 is 5.60 Å². The second-order valence-corrected chi connectivity index (χ2v) is 11.3. The largest absolute Gasteiger partial charge is 0.385 e. The van der Waals surface area contributed by atoms with Gasteiger partial charge in [-0.25, -0.2) is 0 Å². The molecule has 1 heterocycles. The third-order valence-corrected chi connectivity index (χ3v) is 9.58. The second-order valence-electron chi connectivity index (χ2n) is 10.4. The molecule has 5 unspecified atom stereocenters. The summed E-state index contributed by atoms with van der Waals surface area (Å²) in [7, 11) is 0. The molecule has 3 aliphatic carbocycles. The highest BCUT2D eigenvalue weighted by Crippen LogP contribution is 2.63. The smallest absolute Gasteiger partial charge is 0.156 e. The minimum atomic E-state index is -0.899. The number of thioether (sulfide) groups is 1. The summed E-state index contributed by atoms with van der Waals surface area (Å²) in [6.07, 6.45) is 8.96. The molecule has 5 rings (SSSR count). The van der Waals surface area contributed by atoms with E-state index in [4.69, 9.17) is 4.74 Å². The van der Waals surface area contributed by atoms with Crippen molar-refractivity contribution in [3.63, 3.8) is 0 Å². The minimum absolute atomic E-state index is 0.125. The maximum absolute atomic E-state index is 12.2. The predicted octanol–water partition coefficient (Wildman–Crippen LogP) is 6.20. The molecule has 1 aliphatic heterocycles. The van der Waals surface area contributed by atoms with E-state index in [0.29, 0.717) is 24.9 Å². The van der Waals surface area contributed by atoms with Crippen LogP contribution in [0.15, 0.2) is 64.1 Å². The van der Waals surface area contributed by atoms with Crippen LogP contribution in [0.3, 0.4) is 0 Å². The lowest BCUT2D eigenvalue weighted by molar-refractivity contribution is -0.114. The van der Waals surface area contributed by atoms with Crippen LogP contribution < -0.4 is 0 Å². The van der Waals surface area contributed by atoms with Crippen LogP contribution in [0.1, 0.15) is 64.0 Å². The van der Waals surface area contributed by atoms with Crippen LogP contribution in [0.25, 0.3) is 0 Å². The van der Waals surface area contributed by atoms with Gasteiger partial charge in [-0.1, -0.05) is 25.6 Å². The van der Waals surface area contributed by atoms with Gasteiger partial charge >= 0.3 is 0 Å². The molecule has 0 amide bonds. The van der Waals surface area contributed by atoms with Gasteiger partial charge in [-0.05, 0) is 103 Å². The van der Waals surface area contributed by atoms with Gasteiger partial charge < -0.3 is 9.84 Å². The number of ketones is 1. The van der Waals surface area contributed by atoms with Crippen molar-refractivity contribution in [3.05, 3.63) is 64.8 Å². The van der Waals surface area contributed by atoms with Crippen LogP contribution >= 0.6 is 11.8 Å². The van der Waals surface area contributed by atoms with E-state index in [1.807, 2.05) is 13.0 Å². The Bertz CT molecular complexity index is 1020. The third-order valence-electron chi connectivity index (χ3n) is 8.84. The van der Waals surface area contributed by atoms with Gasteiger partial charge in [0, 0.05) is 16.7 Å². The Morgan fingerprint density at radius 2 is 1.94 bits per heavy atom. The highest BCUT2D eigenvalue weighted by Gasteiger charge is 2.61. The standard InChI is InChI=1S/C28H34O3S/c1-17(2)28(30)14-13-24-23-11-7-19-15-20(29)8-12-22(19)25(23)26(31-16-27(24,28)3)18-5-9-21(32-4)10-6-18/h5-6,9-10,15,23-24,26,30H,1,7-8,11-14,16H2,2-4H3. The second kappa shape index (κ2) is 8.00. The zero-order chi connectivity index (χ0) is 22.7. The van der Waals surface area contributed by atoms with Crippen molar-refractivity contribution in [3.8, 4) is 0 Å². The molecule has 1 aromatic carbocycles. The summed E-state index contributed by atoms with van der Waals surface area (Å²) >= 11 is 1.74. The van der Waals surface area contributed by atoms with Crippen LogP contribution in [0, 0.1) is 17.3 Å². The zero-order valence-corrected chi connectivity index (χ0v) is 20.3. The molecule has 3 nitrogen and oxygen atoms in total. The quantitative estimate of drug-likeness (QED) is 0.440. The lowest BCUT2D eigenvalue weighted by Gasteiger charge is -2.45. The molecule has 0 spiro atoms. The SMILES string of the molecule is C=C(C)C1(O)CCC2C3CCC4=CC(=O)CCC4=C3C(c3ccc(SC)cc3)OCC21C. The average molecular weight is 451 g/mol. The van der Waals surface area contributed by atoms with E-state index in [2.05, 4.69) is 44.0 Å². The van der Waals surface area contributed by atoms with E-state index in [-0.39, 0.29) is 17.3 Å². The molecule has 1 N–H and O–H groups in total. The van der Waals surface area contributed by atoms with Crippen LogP contribution in [-0.4, -0.2) is 29.4 Å². The van der Waals surface area contributed by atoms with Gasteiger partial charge in [-0.3, -0.25) is 4.79 Å². The number of benzene rings is 1. The molecule has 0 aromatic heterocycles. The van der Waals surface area contributed by atoms with Gasteiger partial charge in [0.2, 0.25) is 0 Å².